The minimum Gasteiger partial charge on any atom is -0.390 e. The van der Waals surface area contributed by atoms with Gasteiger partial charge in [0, 0.05) is 30.5 Å². The number of rotatable bonds is 10. The lowest BCUT2D eigenvalue weighted by Gasteiger charge is -2.15. The van der Waals surface area contributed by atoms with Gasteiger partial charge in [0.05, 0.1) is 17.6 Å². The van der Waals surface area contributed by atoms with Crippen LogP contribution in [0.25, 0.3) is 0 Å². The summed E-state index contributed by atoms with van der Waals surface area (Å²) < 4.78 is 23.1. The third kappa shape index (κ3) is 9.67. The zero-order valence-corrected chi connectivity index (χ0v) is 19.2. The highest BCUT2D eigenvalue weighted by Crippen LogP contribution is 2.20. The SMILES string of the molecule is C=CCS(=O)(=O)CC(O)CNc1ccc(C(=N)N)c(NC)c1.CC(C)c1ccccc1. The van der Waals surface area contributed by atoms with Gasteiger partial charge in [-0.05, 0) is 29.7 Å². The van der Waals surface area contributed by atoms with Crippen molar-refractivity contribution in [1.82, 2.24) is 0 Å². The van der Waals surface area contributed by atoms with E-state index in [-0.39, 0.29) is 23.9 Å². The van der Waals surface area contributed by atoms with Gasteiger partial charge < -0.3 is 21.5 Å². The summed E-state index contributed by atoms with van der Waals surface area (Å²) in [4.78, 5) is 0. The minimum absolute atomic E-state index is 0.0496. The summed E-state index contributed by atoms with van der Waals surface area (Å²) >= 11 is 0. The molecule has 2 aromatic rings. The first-order valence-corrected chi connectivity index (χ1v) is 11.9. The fourth-order valence-corrected chi connectivity index (χ4v) is 3.97. The fourth-order valence-electron chi connectivity index (χ4n) is 2.77. The van der Waals surface area contributed by atoms with Gasteiger partial charge in [-0.2, -0.15) is 0 Å². The zero-order chi connectivity index (χ0) is 23.4. The third-order valence-electron chi connectivity index (χ3n) is 4.41. The number of aliphatic hydroxyl groups excluding tert-OH is 1. The Bertz CT molecular complexity index is 945. The maximum Gasteiger partial charge on any atom is 0.156 e. The molecule has 7 nitrogen and oxygen atoms in total. The summed E-state index contributed by atoms with van der Waals surface area (Å²) in [7, 11) is -1.62. The molecule has 1 atom stereocenters. The number of hydrogen-bond donors (Lipinski definition) is 5. The summed E-state index contributed by atoms with van der Waals surface area (Å²) in [6, 6.07) is 15.6. The Hall–Kier alpha value is -2.84. The van der Waals surface area contributed by atoms with Crippen molar-refractivity contribution in [3.63, 3.8) is 0 Å². The number of hydrogen-bond acceptors (Lipinski definition) is 6. The normalized spacial score (nSPS) is 11.8. The van der Waals surface area contributed by atoms with Crippen LogP contribution in [0, 0.1) is 5.41 Å². The van der Waals surface area contributed by atoms with E-state index in [0.717, 1.165) is 0 Å². The Balaban J connectivity index is 0.000000442. The zero-order valence-electron chi connectivity index (χ0n) is 18.4. The molecule has 0 spiro atoms. The van der Waals surface area contributed by atoms with Crippen LogP contribution < -0.4 is 16.4 Å². The van der Waals surface area contributed by atoms with E-state index in [1.807, 2.05) is 6.07 Å². The number of anilines is 2. The van der Waals surface area contributed by atoms with Gasteiger partial charge in [0.25, 0.3) is 0 Å². The smallest absolute Gasteiger partial charge is 0.156 e. The van der Waals surface area contributed by atoms with Crippen molar-refractivity contribution in [2.24, 2.45) is 5.73 Å². The third-order valence-corrected chi connectivity index (χ3v) is 6.04. The number of nitrogens with two attached hydrogens (primary N) is 1. The molecule has 0 aliphatic carbocycles. The maximum absolute atomic E-state index is 11.6. The molecule has 0 aromatic heterocycles. The van der Waals surface area contributed by atoms with E-state index in [2.05, 4.69) is 55.3 Å². The standard InChI is InChI=1S/C14H22N4O3S.C9H12/c1-3-6-22(20,21)9-11(19)8-18-10-4-5-12(14(15)16)13(7-10)17-2;1-8(2)9-6-4-3-5-7-9/h3-5,7,11,17-19H,1,6,8-9H2,2H3,(H3,15,16);3-8H,1-2H3. The molecular weight excluding hydrogens is 412 g/mol. The summed E-state index contributed by atoms with van der Waals surface area (Å²) in [5.74, 6) is 0.134. The predicted molar refractivity (Wildman–Crippen MR) is 131 cm³/mol. The molecule has 0 saturated carbocycles. The van der Waals surface area contributed by atoms with E-state index in [1.54, 1.807) is 25.2 Å². The fraction of sp³-hybridized carbons (Fsp3) is 0.348. The second kappa shape index (κ2) is 12.8. The monoisotopic (exact) mass is 446 g/mol. The number of amidine groups is 1. The second-order valence-corrected chi connectivity index (χ2v) is 9.54. The van der Waals surface area contributed by atoms with E-state index in [4.69, 9.17) is 11.1 Å². The second-order valence-electron chi connectivity index (χ2n) is 7.39. The molecule has 0 aliphatic rings. The van der Waals surface area contributed by atoms with Gasteiger partial charge in [-0.3, -0.25) is 5.41 Å². The lowest BCUT2D eigenvalue weighted by molar-refractivity contribution is 0.210. The molecule has 0 heterocycles. The lowest BCUT2D eigenvalue weighted by Crippen LogP contribution is -2.29. The van der Waals surface area contributed by atoms with Crippen LogP contribution in [0.5, 0.6) is 0 Å². The highest BCUT2D eigenvalue weighted by atomic mass is 32.2. The van der Waals surface area contributed by atoms with Gasteiger partial charge in [0.15, 0.2) is 9.84 Å². The quantitative estimate of drug-likeness (QED) is 0.217. The van der Waals surface area contributed by atoms with Gasteiger partial charge in [-0.15, -0.1) is 6.58 Å². The summed E-state index contributed by atoms with van der Waals surface area (Å²) in [5, 5.41) is 23.1. The van der Waals surface area contributed by atoms with Crippen LogP contribution in [0.15, 0.2) is 61.2 Å². The van der Waals surface area contributed by atoms with Crippen molar-refractivity contribution >= 4 is 27.0 Å². The summed E-state index contributed by atoms with van der Waals surface area (Å²) in [6.45, 7) is 7.88. The van der Waals surface area contributed by atoms with Gasteiger partial charge in [0.2, 0.25) is 0 Å². The average Bonchev–Trinajstić information content (AvgIpc) is 2.72. The van der Waals surface area contributed by atoms with Gasteiger partial charge in [-0.25, -0.2) is 8.42 Å². The van der Waals surface area contributed by atoms with Gasteiger partial charge in [0.1, 0.15) is 5.84 Å². The number of nitrogen functional groups attached to an aromatic ring is 1. The molecule has 2 rings (SSSR count). The number of sulfone groups is 1. The van der Waals surface area contributed by atoms with Gasteiger partial charge in [-0.1, -0.05) is 50.3 Å². The predicted octanol–water partition coefficient (Wildman–Crippen LogP) is 3.20. The van der Waals surface area contributed by atoms with E-state index < -0.39 is 15.9 Å². The van der Waals surface area contributed by atoms with E-state index in [1.165, 1.54) is 11.6 Å². The highest BCUT2D eigenvalue weighted by molar-refractivity contribution is 7.91. The highest BCUT2D eigenvalue weighted by Gasteiger charge is 2.16. The largest absolute Gasteiger partial charge is 0.390 e. The molecule has 8 heteroatoms. The molecule has 0 fully saturated rings. The molecule has 0 aliphatic heterocycles. The first kappa shape index (κ1) is 26.2. The van der Waals surface area contributed by atoms with Crippen molar-refractivity contribution in [1.29, 1.82) is 5.41 Å². The maximum atomic E-state index is 11.6. The first-order valence-electron chi connectivity index (χ1n) is 10.0. The first-order chi connectivity index (χ1) is 14.6. The van der Waals surface area contributed by atoms with Crippen molar-refractivity contribution in [2.45, 2.75) is 25.9 Å². The summed E-state index contributed by atoms with van der Waals surface area (Å²) in [6.07, 6.45) is 0.283. The van der Waals surface area contributed by atoms with E-state index in [0.29, 0.717) is 22.9 Å². The molecule has 6 N–H and O–H groups in total. The van der Waals surface area contributed by atoms with Crippen LogP contribution in [0.2, 0.25) is 0 Å². The van der Waals surface area contributed by atoms with E-state index in [9.17, 15) is 13.5 Å². The molecule has 0 saturated heterocycles. The van der Waals surface area contributed by atoms with Crippen molar-refractivity contribution < 1.29 is 13.5 Å². The minimum atomic E-state index is -3.33. The van der Waals surface area contributed by atoms with Crippen LogP contribution in [0.3, 0.4) is 0 Å². The van der Waals surface area contributed by atoms with Crippen LogP contribution in [0.1, 0.15) is 30.9 Å². The van der Waals surface area contributed by atoms with Crippen LogP contribution >= 0.6 is 0 Å². The van der Waals surface area contributed by atoms with Crippen molar-refractivity contribution in [2.75, 3.05) is 35.7 Å². The number of aliphatic hydroxyl groups is 1. The molecule has 2 aromatic carbocycles. The van der Waals surface area contributed by atoms with Crippen molar-refractivity contribution in [3.05, 3.63) is 72.3 Å². The Labute approximate surface area is 185 Å². The molecule has 170 valence electrons. The number of benzene rings is 2. The van der Waals surface area contributed by atoms with Crippen LogP contribution in [-0.4, -0.2) is 50.6 Å². The summed E-state index contributed by atoms with van der Waals surface area (Å²) in [5.41, 5.74) is 8.82. The van der Waals surface area contributed by atoms with E-state index >= 15 is 0 Å². The van der Waals surface area contributed by atoms with Crippen LogP contribution in [0.4, 0.5) is 11.4 Å². The van der Waals surface area contributed by atoms with Gasteiger partial charge >= 0.3 is 0 Å². The molecular formula is C23H34N4O3S. The van der Waals surface area contributed by atoms with Crippen molar-refractivity contribution in [3.8, 4) is 0 Å². The molecule has 0 amide bonds. The molecule has 0 radical (unpaired) electrons. The Morgan fingerprint density at radius 3 is 2.35 bits per heavy atom. The molecule has 0 bridgehead atoms. The Morgan fingerprint density at radius 2 is 1.87 bits per heavy atom. The topological polar surface area (TPSA) is 128 Å². The number of nitrogens with one attached hydrogen (secondary N) is 3. The average molecular weight is 447 g/mol. The Kier molecular flexibility index (Phi) is 10.8. The van der Waals surface area contributed by atoms with Crippen LogP contribution in [-0.2, 0) is 9.84 Å². The molecule has 1 unspecified atom stereocenters. The Morgan fingerprint density at radius 1 is 1.23 bits per heavy atom. The molecule has 31 heavy (non-hydrogen) atoms. The lowest BCUT2D eigenvalue weighted by atomic mass is 10.0.